The van der Waals surface area contributed by atoms with Crippen LogP contribution in [0.3, 0.4) is 0 Å². The fourth-order valence-corrected chi connectivity index (χ4v) is 1.87. The molecule has 1 rings (SSSR count). The highest BCUT2D eigenvalue weighted by atomic mass is 32.1. The van der Waals surface area contributed by atoms with E-state index >= 15 is 0 Å². The van der Waals surface area contributed by atoms with E-state index < -0.39 is 11.8 Å². The van der Waals surface area contributed by atoms with E-state index in [4.69, 9.17) is 0 Å². The average molecular weight is 240 g/mol. The van der Waals surface area contributed by atoms with Gasteiger partial charge in [-0.2, -0.15) is 11.3 Å². The lowest BCUT2D eigenvalue weighted by Crippen LogP contribution is -2.43. The summed E-state index contributed by atoms with van der Waals surface area (Å²) in [5.41, 5.74) is 1.18. The van der Waals surface area contributed by atoms with Gasteiger partial charge in [0.15, 0.2) is 0 Å². The Morgan fingerprint density at radius 3 is 2.69 bits per heavy atom. The number of hydrogen-bond acceptors (Lipinski definition) is 3. The molecule has 0 saturated carbocycles. The summed E-state index contributed by atoms with van der Waals surface area (Å²) in [5.74, 6) is -1.13. The van der Waals surface area contributed by atoms with Crippen LogP contribution in [0.4, 0.5) is 0 Å². The lowest BCUT2D eigenvalue weighted by Gasteiger charge is -2.08. The molecule has 0 unspecified atom stereocenters. The van der Waals surface area contributed by atoms with Gasteiger partial charge in [0, 0.05) is 12.6 Å². The molecule has 0 aliphatic heterocycles. The van der Waals surface area contributed by atoms with Gasteiger partial charge in [-0.05, 0) is 42.7 Å². The minimum absolute atomic E-state index is 0.0184. The van der Waals surface area contributed by atoms with E-state index in [-0.39, 0.29) is 6.04 Å². The molecule has 0 saturated heterocycles. The van der Waals surface area contributed by atoms with Crippen LogP contribution in [-0.2, 0) is 16.0 Å². The summed E-state index contributed by atoms with van der Waals surface area (Å²) in [6.45, 7) is 4.12. The number of nitrogens with one attached hydrogen (secondary N) is 2. The normalized spacial score (nSPS) is 10.2. The molecule has 4 nitrogen and oxygen atoms in total. The lowest BCUT2D eigenvalue weighted by molar-refractivity contribution is -0.139. The predicted molar refractivity (Wildman–Crippen MR) is 64.3 cm³/mol. The van der Waals surface area contributed by atoms with Crippen LogP contribution in [-0.4, -0.2) is 24.4 Å². The van der Waals surface area contributed by atoms with Gasteiger partial charge in [0.2, 0.25) is 0 Å². The van der Waals surface area contributed by atoms with Crippen molar-refractivity contribution in [3.63, 3.8) is 0 Å². The Labute approximate surface area is 99.0 Å². The Morgan fingerprint density at radius 1 is 1.38 bits per heavy atom. The summed E-state index contributed by atoms with van der Waals surface area (Å²) in [5, 5.41) is 9.13. The van der Waals surface area contributed by atoms with Gasteiger partial charge in [-0.3, -0.25) is 9.59 Å². The first-order valence-corrected chi connectivity index (χ1v) is 6.13. The highest BCUT2D eigenvalue weighted by Gasteiger charge is 2.12. The van der Waals surface area contributed by atoms with Gasteiger partial charge in [0.1, 0.15) is 0 Å². The van der Waals surface area contributed by atoms with Crippen LogP contribution < -0.4 is 10.6 Å². The van der Waals surface area contributed by atoms with Gasteiger partial charge < -0.3 is 10.6 Å². The summed E-state index contributed by atoms with van der Waals surface area (Å²) >= 11 is 1.62. The third kappa shape index (κ3) is 4.44. The van der Waals surface area contributed by atoms with Crippen molar-refractivity contribution >= 4 is 23.2 Å². The molecule has 1 heterocycles. The summed E-state index contributed by atoms with van der Waals surface area (Å²) in [6, 6.07) is 1.99. The molecule has 0 fully saturated rings. The molecule has 0 spiro atoms. The summed E-state index contributed by atoms with van der Waals surface area (Å²) in [6.07, 6.45) is 0.754. The molecular formula is C11H16N2O2S. The fraction of sp³-hybridized carbons (Fsp3) is 0.455. The Hall–Kier alpha value is -1.36. The second-order valence-electron chi connectivity index (χ2n) is 3.77. The third-order valence-electron chi connectivity index (χ3n) is 1.91. The Bertz CT molecular complexity index is 347. The SMILES string of the molecule is CC(C)NC(=O)C(=O)NCCc1ccsc1. The van der Waals surface area contributed by atoms with E-state index in [1.165, 1.54) is 5.56 Å². The van der Waals surface area contributed by atoms with Crippen LogP contribution in [0.5, 0.6) is 0 Å². The van der Waals surface area contributed by atoms with E-state index in [1.54, 1.807) is 11.3 Å². The molecule has 2 amide bonds. The van der Waals surface area contributed by atoms with Crippen LogP contribution in [0.15, 0.2) is 16.8 Å². The molecule has 0 aliphatic carbocycles. The van der Waals surface area contributed by atoms with E-state index in [0.29, 0.717) is 6.54 Å². The fourth-order valence-electron chi connectivity index (χ4n) is 1.16. The molecule has 1 aromatic rings. The molecule has 2 N–H and O–H groups in total. The van der Waals surface area contributed by atoms with Gasteiger partial charge >= 0.3 is 11.8 Å². The lowest BCUT2D eigenvalue weighted by atomic mass is 10.2. The Morgan fingerprint density at radius 2 is 2.12 bits per heavy atom. The van der Waals surface area contributed by atoms with Crippen molar-refractivity contribution < 1.29 is 9.59 Å². The zero-order chi connectivity index (χ0) is 12.0. The van der Waals surface area contributed by atoms with Gasteiger partial charge in [-0.15, -0.1) is 0 Å². The summed E-state index contributed by atoms with van der Waals surface area (Å²) in [4.78, 5) is 22.5. The maximum absolute atomic E-state index is 11.3. The van der Waals surface area contributed by atoms with Crippen LogP contribution >= 0.6 is 11.3 Å². The van der Waals surface area contributed by atoms with E-state index in [0.717, 1.165) is 6.42 Å². The largest absolute Gasteiger partial charge is 0.348 e. The van der Waals surface area contributed by atoms with Gasteiger partial charge in [0.05, 0.1) is 0 Å². The van der Waals surface area contributed by atoms with Crippen molar-refractivity contribution in [3.8, 4) is 0 Å². The van der Waals surface area contributed by atoms with Crippen molar-refractivity contribution in [1.82, 2.24) is 10.6 Å². The number of carbonyl (C=O) groups excluding carboxylic acids is 2. The maximum Gasteiger partial charge on any atom is 0.309 e. The highest BCUT2D eigenvalue weighted by molar-refractivity contribution is 7.07. The maximum atomic E-state index is 11.3. The molecule has 5 heteroatoms. The molecule has 0 aliphatic rings. The summed E-state index contributed by atoms with van der Waals surface area (Å²) in [7, 11) is 0. The summed E-state index contributed by atoms with van der Waals surface area (Å²) < 4.78 is 0. The molecule has 16 heavy (non-hydrogen) atoms. The highest BCUT2D eigenvalue weighted by Crippen LogP contribution is 2.05. The smallest absolute Gasteiger partial charge is 0.309 e. The minimum Gasteiger partial charge on any atom is -0.348 e. The molecule has 1 aromatic heterocycles. The topological polar surface area (TPSA) is 58.2 Å². The molecule has 0 radical (unpaired) electrons. The predicted octanol–water partition coefficient (Wildman–Crippen LogP) is 0.931. The molecule has 0 aromatic carbocycles. The first-order chi connectivity index (χ1) is 7.59. The minimum atomic E-state index is -0.569. The molecular weight excluding hydrogens is 224 g/mol. The third-order valence-corrected chi connectivity index (χ3v) is 2.64. The van der Waals surface area contributed by atoms with Crippen LogP contribution in [0.25, 0.3) is 0 Å². The zero-order valence-corrected chi connectivity index (χ0v) is 10.3. The van der Waals surface area contributed by atoms with Crippen molar-refractivity contribution in [2.45, 2.75) is 26.3 Å². The van der Waals surface area contributed by atoms with Gasteiger partial charge in [0.25, 0.3) is 0 Å². The monoisotopic (exact) mass is 240 g/mol. The van der Waals surface area contributed by atoms with Crippen LogP contribution in [0, 0.1) is 0 Å². The first kappa shape index (κ1) is 12.7. The number of hydrogen-bond donors (Lipinski definition) is 2. The van der Waals surface area contributed by atoms with E-state index in [2.05, 4.69) is 10.6 Å². The molecule has 0 atom stereocenters. The van der Waals surface area contributed by atoms with Gasteiger partial charge in [-0.25, -0.2) is 0 Å². The second-order valence-corrected chi connectivity index (χ2v) is 4.55. The van der Waals surface area contributed by atoms with Crippen molar-refractivity contribution in [3.05, 3.63) is 22.4 Å². The number of carbonyl (C=O) groups is 2. The van der Waals surface area contributed by atoms with E-state index in [9.17, 15) is 9.59 Å². The van der Waals surface area contributed by atoms with Gasteiger partial charge in [-0.1, -0.05) is 0 Å². The van der Waals surface area contributed by atoms with Crippen molar-refractivity contribution in [2.75, 3.05) is 6.54 Å². The Kier molecular flexibility index (Phi) is 4.98. The molecule has 88 valence electrons. The number of thiophene rings is 1. The van der Waals surface area contributed by atoms with Crippen molar-refractivity contribution in [2.24, 2.45) is 0 Å². The first-order valence-electron chi connectivity index (χ1n) is 5.19. The average Bonchev–Trinajstić information content (AvgIpc) is 2.69. The standard InChI is InChI=1S/C11H16N2O2S/c1-8(2)13-11(15)10(14)12-5-3-9-4-6-16-7-9/h4,6-8H,3,5H2,1-2H3,(H,12,14)(H,13,15). The van der Waals surface area contributed by atoms with E-state index in [1.807, 2.05) is 30.7 Å². The van der Waals surface area contributed by atoms with Crippen LogP contribution in [0.1, 0.15) is 19.4 Å². The quantitative estimate of drug-likeness (QED) is 0.769. The van der Waals surface area contributed by atoms with Crippen LogP contribution in [0.2, 0.25) is 0 Å². The zero-order valence-electron chi connectivity index (χ0n) is 9.45. The second kappa shape index (κ2) is 6.27. The Balaban J connectivity index is 2.22. The van der Waals surface area contributed by atoms with Crippen molar-refractivity contribution in [1.29, 1.82) is 0 Å². The number of rotatable bonds is 4. The number of amides is 2. The molecule has 0 bridgehead atoms.